The second-order valence-electron chi connectivity index (χ2n) is 5.22. The minimum absolute atomic E-state index is 0.198. The van der Waals surface area contributed by atoms with Crippen molar-refractivity contribution in [2.24, 2.45) is 5.92 Å². The fraction of sp³-hybridized carbons (Fsp3) is 0.571. The quantitative estimate of drug-likeness (QED) is 0.897. The van der Waals surface area contributed by atoms with Crippen LogP contribution in [-0.2, 0) is 11.3 Å². The van der Waals surface area contributed by atoms with Crippen molar-refractivity contribution in [2.45, 2.75) is 38.3 Å². The van der Waals surface area contributed by atoms with Crippen molar-refractivity contribution in [1.82, 2.24) is 10.2 Å². The van der Waals surface area contributed by atoms with Crippen LogP contribution in [-0.4, -0.2) is 35.1 Å². The van der Waals surface area contributed by atoms with E-state index in [0.29, 0.717) is 13.0 Å². The van der Waals surface area contributed by atoms with Crippen LogP contribution in [0.5, 0.6) is 0 Å². The van der Waals surface area contributed by atoms with Crippen LogP contribution in [0.4, 0.5) is 4.79 Å². The van der Waals surface area contributed by atoms with Gasteiger partial charge < -0.3 is 15.3 Å². The number of nitrogens with zero attached hydrogens (tertiary/aromatic N) is 1. The van der Waals surface area contributed by atoms with Crippen molar-refractivity contribution in [3.05, 3.63) is 22.4 Å². The highest BCUT2D eigenvalue weighted by Gasteiger charge is 2.32. The molecule has 1 aromatic heterocycles. The molecule has 0 spiro atoms. The average Bonchev–Trinajstić information content (AvgIpc) is 2.91. The lowest BCUT2D eigenvalue weighted by molar-refractivity contribution is -0.143. The number of hydrogen-bond donors (Lipinski definition) is 2. The summed E-state index contributed by atoms with van der Waals surface area (Å²) in [6.07, 6.45) is 3.29. The van der Waals surface area contributed by atoms with Gasteiger partial charge in [-0.25, -0.2) is 4.79 Å². The maximum absolute atomic E-state index is 12.1. The Balaban J connectivity index is 1.90. The average molecular weight is 296 g/mol. The number of hydrogen-bond acceptors (Lipinski definition) is 3. The van der Waals surface area contributed by atoms with Crippen LogP contribution in [0, 0.1) is 5.92 Å². The summed E-state index contributed by atoms with van der Waals surface area (Å²) < 4.78 is 0. The van der Waals surface area contributed by atoms with E-state index in [1.165, 1.54) is 0 Å². The Kier molecular flexibility index (Phi) is 5.00. The Labute approximate surface area is 122 Å². The maximum atomic E-state index is 12.1. The van der Waals surface area contributed by atoms with Crippen LogP contribution in [0.15, 0.2) is 17.5 Å². The molecule has 2 unspecified atom stereocenters. The van der Waals surface area contributed by atoms with Crippen LogP contribution in [0.2, 0.25) is 0 Å². The topological polar surface area (TPSA) is 69.6 Å². The van der Waals surface area contributed by atoms with Gasteiger partial charge in [-0.05, 0) is 24.3 Å². The molecule has 1 heterocycles. The Bertz CT molecular complexity index is 461. The number of carboxylic acid groups (broad SMARTS) is 1. The smallest absolute Gasteiger partial charge is 0.317 e. The van der Waals surface area contributed by atoms with Gasteiger partial charge in [0.1, 0.15) is 0 Å². The lowest BCUT2D eigenvalue weighted by atomic mass is 9.84. The van der Waals surface area contributed by atoms with Crippen LogP contribution in [0.3, 0.4) is 0 Å². The first-order chi connectivity index (χ1) is 9.58. The highest BCUT2D eigenvalue weighted by Crippen LogP contribution is 2.25. The molecule has 1 fully saturated rings. The Hall–Kier alpha value is -1.56. The summed E-state index contributed by atoms with van der Waals surface area (Å²) in [4.78, 5) is 26.1. The van der Waals surface area contributed by atoms with Gasteiger partial charge in [0.2, 0.25) is 0 Å². The molecule has 0 saturated heterocycles. The molecule has 2 rings (SSSR count). The van der Waals surface area contributed by atoms with E-state index in [0.717, 1.165) is 24.1 Å². The zero-order chi connectivity index (χ0) is 14.5. The predicted octanol–water partition coefficient (Wildman–Crippen LogP) is 2.53. The molecule has 1 aliphatic rings. The maximum Gasteiger partial charge on any atom is 0.317 e. The largest absolute Gasteiger partial charge is 0.481 e. The first kappa shape index (κ1) is 14.8. The van der Waals surface area contributed by atoms with E-state index < -0.39 is 11.9 Å². The Morgan fingerprint density at radius 3 is 2.85 bits per heavy atom. The molecule has 2 N–H and O–H groups in total. The number of amides is 2. The molecule has 110 valence electrons. The SMILES string of the molecule is CN(Cc1cccs1)C(=O)NC1CCCCC1C(=O)O. The number of urea groups is 1. The molecular weight excluding hydrogens is 276 g/mol. The molecule has 1 aliphatic carbocycles. The van der Waals surface area contributed by atoms with E-state index in [2.05, 4.69) is 5.32 Å². The number of carboxylic acids is 1. The second-order valence-corrected chi connectivity index (χ2v) is 6.25. The highest BCUT2D eigenvalue weighted by molar-refractivity contribution is 7.09. The van der Waals surface area contributed by atoms with Crippen LogP contribution in [0.1, 0.15) is 30.6 Å². The normalized spacial score (nSPS) is 22.2. The zero-order valence-corrected chi connectivity index (χ0v) is 12.4. The first-order valence-electron chi connectivity index (χ1n) is 6.84. The predicted molar refractivity (Wildman–Crippen MR) is 77.7 cm³/mol. The molecule has 0 aromatic carbocycles. The van der Waals surface area contributed by atoms with E-state index in [4.69, 9.17) is 0 Å². The summed E-state index contributed by atoms with van der Waals surface area (Å²) in [5.41, 5.74) is 0. The van der Waals surface area contributed by atoms with Crippen LogP contribution < -0.4 is 5.32 Å². The van der Waals surface area contributed by atoms with Gasteiger partial charge in [-0.2, -0.15) is 0 Å². The molecule has 20 heavy (non-hydrogen) atoms. The molecule has 0 radical (unpaired) electrons. The van der Waals surface area contributed by atoms with E-state index in [1.807, 2.05) is 17.5 Å². The molecule has 0 bridgehead atoms. The zero-order valence-electron chi connectivity index (χ0n) is 11.5. The molecule has 1 aromatic rings. The minimum Gasteiger partial charge on any atom is -0.481 e. The number of aliphatic carboxylic acids is 1. The van der Waals surface area contributed by atoms with Gasteiger partial charge in [-0.3, -0.25) is 4.79 Å². The van der Waals surface area contributed by atoms with Crippen molar-refractivity contribution in [3.8, 4) is 0 Å². The third-order valence-corrected chi connectivity index (χ3v) is 4.57. The van der Waals surface area contributed by atoms with Gasteiger partial charge in [0.15, 0.2) is 0 Å². The molecule has 1 saturated carbocycles. The van der Waals surface area contributed by atoms with Crippen molar-refractivity contribution < 1.29 is 14.7 Å². The van der Waals surface area contributed by atoms with Gasteiger partial charge in [0, 0.05) is 18.0 Å². The molecule has 6 heteroatoms. The second kappa shape index (κ2) is 6.74. The fourth-order valence-electron chi connectivity index (χ4n) is 2.58. The van der Waals surface area contributed by atoms with Gasteiger partial charge in [-0.15, -0.1) is 11.3 Å². The third kappa shape index (κ3) is 3.72. The summed E-state index contributed by atoms with van der Waals surface area (Å²) in [5, 5.41) is 14.1. The molecular formula is C14H20N2O3S. The standard InChI is InChI=1S/C14H20N2O3S/c1-16(9-10-5-4-8-20-10)14(19)15-12-7-3-2-6-11(12)13(17)18/h4-5,8,11-12H,2-3,6-7,9H2,1H3,(H,15,19)(H,17,18). The first-order valence-corrected chi connectivity index (χ1v) is 7.72. The Morgan fingerprint density at radius 1 is 1.45 bits per heavy atom. The van der Waals surface area contributed by atoms with Crippen molar-refractivity contribution in [1.29, 1.82) is 0 Å². The van der Waals surface area contributed by atoms with Gasteiger partial charge in [-0.1, -0.05) is 18.9 Å². The van der Waals surface area contributed by atoms with Crippen molar-refractivity contribution in [2.75, 3.05) is 7.05 Å². The number of nitrogens with one attached hydrogen (secondary N) is 1. The monoisotopic (exact) mass is 296 g/mol. The van der Waals surface area contributed by atoms with Crippen LogP contribution in [0.25, 0.3) is 0 Å². The number of thiophene rings is 1. The molecule has 5 nitrogen and oxygen atoms in total. The minimum atomic E-state index is -0.809. The van der Waals surface area contributed by atoms with Gasteiger partial charge in [0.25, 0.3) is 0 Å². The van der Waals surface area contributed by atoms with E-state index in [9.17, 15) is 14.7 Å². The van der Waals surface area contributed by atoms with Gasteiger partial charge >= 0.3 is 12.0 Å². The van der Waals surface area contributed by atoms with E-state index in [-0.39, 0.29) is 12.1 Å². The summed E-state index contributed by atoms with van der Waals surface area (Å²) in [5.74, 6) is -1.27. The van der Waals surface area contributed by atoms with Crippen molar-refractivity contribution >= 4 is 23.3 Å². The number of carbonyl (C=O) groups is 2. The fourth-order valence-corrected chi connectivity index (χ4v) is 3.33. The van der Waals surface area contributed by atoms with Crippen LogP contribution >= 0.6 is 11.3 Å². The lowest BCUT2D eigenvalue weighted by Gasteiger charge is -2.30. The highest BCUT2D eigenvalue weighted by atomic mass is 32.1. The third-order valence-electron chi connectivity index (χ3n) is 3.71. The number of carbonyl (C=O) groups excluding carboxylic acids is 1. The van der Waals surface area contributed by atoms with E-state index >= 15 is 0 Å². The summed E-state index contributed by atoms with van der Waals surface area (Å²) in [7, 11) is 1.73. The molecule has 2 atom stereocenters. The number of rotatable bonds is 4. The van der Waals surface area contributed by atoms with E-state index in [1.54, 1.807) is 23.3 Å². The van der Waals surface area contributed by atoms with Crippen molar-refractivity contribution in [3.63, 3.8) is 0 Å². The molecule has 2 amide bonds. The summed E-state index contributed by atoms with van der Waals surface area (Å²) >= 11 is 1.60. The summed E-state index contributed by atoms with van der Waals surface area (Å²) in [6.45, 7) is 0.550. The van der Waals surface area contributed by atoms with Gasteiger partial charge in [0.05, 0.1) is 12.5 Å². The Morgan fingerprint density at radius 2 is 2.20 bits per heavy atom. The lowest BCUT2D eigenvalue weighted by Crippen LogP contribution is -2.49. The summed E-state index contributed by atoms with van der Waals surface area (Å²) in [6, 6.07) is 3.48. The molecule has 0 aliphatic heterocycles.